The summed E-state index contributed by atoms with van der Waals surface area (Å²) in [6, 6.07) is 4.65. The number of hydrogen-bond donors (Lipinski definition) is 1. The molecule has 1 aliphatic carbocycles. The minimum atomic E-state index is -0.478. The Kier molecular flexibility index (Phi) is 4.11. The molecule has 0 bridgehead atoms. The van der Waals surface area contributed by atoms with Gasteiger partial charge < -0.3 is 5.32 Å². The van der Waals surface area contributed by atoms with Crippen molar-refractivity contribution in [2.24, 2.45) is 0 Å². The maximum absolute atomic E-state index is 14.0. The van der Waals surface area contributed by atoms with Gasteiger partial charge in [0.25, 0.3) is 0 Å². The second-order valence-corrected chi connectivity index (χ2v) is 7.04. The van der Waals surface area contributed by atoms with E-state index in [1.54, 1.807) is 6.07 Å². The van der Waals surface area contributed by atoms with Crippen LogP contribution in [0.4, 0.5) is 4.39 Å². The van der Waals surface area contributed by atoms with E-state index in [1.165, 1.54) is 21.4 Å². The van der Waals surface area contributed by atoms with Gasteiger partial charge in [-0.05, 0) is 37.8 Å². The molecule has 1 aromatic heterocycles. The van der Waals surface area contributed by atoms with E-state index in [1.807, 2.05) is 0 Å². The summed E-state index contributed by atoms with van der Waals surface area (Å²) in [6.07, 6.45) is 3.41. The monoisotopic (exact) mass is 364 g/mol. The van der Waals surface area contributed by atoms with Gasteiger partial charge in [0.1, 0.15) is 11.6 Å². The molecule has 1 amide bonds. The zero-order valence-electron chi connectivity index (χ0n) is 13.5. The fraction of sp³-hybridized carbons (Fsp3) is 0.471. The average molecular weight is 365 g/mol. The van der Waals surface area contributed by atoms with Crippen LogP contribution in [-0.4, -0.2) is 26.3 Å². The van der Waals surface area contributed by atoms with E-state index in [4.69, 9.17) is 11.6 Å². The van der Waals surface area contributed by atoms with Gasteiger partial charge in [-0.15, -0.1) is 0 Å². The van der Waals surface area contributed by atoms with Crippen LogP contribution in [0.25, 0.3) is 0 Å². The third-order valence-corrected chi connectivity index (χ3v) is 5.10. The molecular weight excluding hydrogens is 347 g/mol. The highest BCUT2D eigenvalue weighted by Gasteiger charge is 2.34. The van der Waals surface area contributed by atoms with Crippen molar-refractivity contribution in [3.8, 4) is 0 Å². The van der Waals surface area contributed by atoms with Crippen LogP contribution in [0.15, 0.2) is 23.0 Å². The summed E-state index contributed by atoms with van der Waals surface area (Å²) in [6.45, 7) is 0.466. The third-order valence-electron chi connectivity index (χ3n) is 4.75. The Balaban J connectivity index is 1.66. The van der Waals surface area contributed by atoms with Crippen LogP contribution in [0.2, 0.25) is 5.02 Å². The van der Waals surface area contributed by atoms with Crippen molar-refractivity contribution in [3.63, 3.8) is 0 Å². The van der Waals surface area contributed by atoms with Gasteiger partial charge in [-0.1, -0.05) is 17.7 Å². The number of carbonyl (C=O) groups is 1. The average Bonchev–Trinajstić information content (AvgIpc) is 3.34. The zero-order chi connectivity index (χ0) is 17.6. The SMILES string of the molecule is O=C(NC1CC1)C1CCCn2c1nn(Cc1c(F)cccc1Cl)c2=O. The summed E-state index contributed by atoms with van der Waals surface area (Å²) in [5, 5.41) is 7.57. The minimum absolute atomic E-state index is 0.0543. The van der Waals surface area contributed by atoms with Crippen LogP contribution in [0.1, 0.15) is 43.0 Å². The Morgan fingerprint density at radius 2 is 2.16 bits per heavy atom. The molecule has 1 aromatic carbocycles. The van der Waals surface area contributed by atoms with Gasteiger partial charge in [0.15, 0.2) is 0 Å². The molecular formula is C17H18ClFN4O2. The maximum atomic E-state index is 14.0. The standard InChI is InChI=1S/C17H18ClFN4O2/c18-13-4-1-5-14(19)12(13)9-23-17(25)22-8-2-3-11(15(22)21-23)16(24)20-10-6-7-10/h1,4-5,10-11H,2-3,6-9H2,(H,20,24). The smallest absolute Gasteiger partial charge is 0.346 e. The van der Waals surface area contributed by atoms with Gasteiger partial charge in [0.2, 0.25) is 5.91 Å². The number of aromatic nitrogens is 3. The summed E-state index contributed by atoms with van der Waals surface area (Å²) in [5.74, 6) is -0.529. The van der Waals surface area contributed by atoms with Crippen molar-refractivity contribution in [1.82, 2.24) is 19.7 Å². The summed E-state index contributed by atoms with van der Waals surface area (Å²) in [5.41, 5.74) is -0.112. The first-order chi connectivity index (χ1) is 12.0. The number of amides is 1. The van der Waals surface area contributed by atoms with Crippen molar-refractivity contribution in [2.75, 3.05) is 0 Å². The minimum Gasteiger partial charge on any atom is -0.353 e. The normalized spacial score (nSPS) is 19.5. The highest BCUT2D eigenvalue weighted by atomic mass is 35.5. The predicted molar refractivity (Wildman–Crippen MR) is 90.1 cm³/mol. The molecule has 1 saturated carbocycles. The lowest BCUT2D eigenvalue weighted by atomic mass is 9.98. The lowest BCUT2D eigenvalue weighted by Gasteiger charge is -2.21. The van der Waals surface area contributed by atoms with Crippen molar-refractivity contribution >= 4 is 17.5 Å². The molecule has 4 rings (SSSR count). The summed E-state index contributed by atoms with van der Waals surface area (Å²) < 4.78 is 16.7. The Labute approximate surface area is 148 Å². The maximum Gasteiger partial charge on any atom is 0.346 e. The van der Waals surface area contributed by atoms with E-state index in [2.05, 4.69) is 10.4 Å². The Hall–Kier alpha value is -2.15. The van der Waals surface area contributed by atoms with E-state index >= 15 is 0 Å². The van der Waals surface area contributed by atoms with E-state index in [0.29, 0.717) is 18.8 Å². The largest absolute Gasteiger partial charge is 0.353 e. The van der Waals surface area contributed by atoms with E-state index in [0.717, 1.165) is 19.3 Å². The number of benzene rings is 1. The van der Waals surface area contributed by atoms with Gasteiger partial charge in [0.05, 0.1) is 12.5 Å². The molecule has 0 spiro atoms. The van der Waals surface area contributed by atoms with Gasteiger partial charge in [0, 0.05) is 23.2 Å². The number of nitrogens with zero attached hydrogens (tertiary/aromatic N) is 3. The second kappa shape index (κ2) is 6.29. The third kappa shape index (κ3) is 3.08. The van der Waals surface area contributed by atoms with Crippen LogP contribution in [0, 0.1) is 5.82 Å². The molecule has 1 N–H and O–H groups in total. The molecule has 0 saturated heterocycles. The predicted octanol–water partition coefficient (Wildman–Crippen LogP) is 2.04. The van der Waals surface area contributed by atoms with Gasteiger partial charge in [-0.25, -0.2) is 13.9 Å². The topological polar surface area (TPSA) is 68.9 Å². The number of hydrogen-bond acceptors (Lipinski definition) is 3. The molecule has 1 aliphatic heterocycles. The van der Waals surface area contributed by atoms with Crippen LogP contribution in [-0.2, 0) is 17.9 Å². The molecule has 1 atom stereocenters. The quantitative estimate of drug-likeness (QED) is 0.902. The lowest BCUT2D eigenvalue weighted by molar-refractivity contribution is -0.123. The number of rotatable bonds is 4. The van der Waals surface area contributed by atoms with Crippen LogP contribution in [0.5, 0.6) is 0 Å². The highest BCUT2D eigenvalue weighted by Crippen LogP contribution is 2.27. The molecule has 2 aromatic rings. The molecule has 2 heterocycles. The highest BCUT2D eigenvalue weighted by molar-refractivity contribution is 6.31. The van der Waals surface area contributed by atoms with E-state index in [9.17, 15) is 14.0 Å². The second-order valence-electron chi connectivity index (χ2n) is 6.63. The Morgan fingerprint density at radius 3 is 2.88 bits per heavy atom. The Bertz CT molecular complexity index is 867. The van der Waals surface area contributed by atoms with Crippen LogP contribution in [0.3, 0.4) is 0 Å². The molecule has 1 fully saturated rings. The van der Waals surface area contributed by atoms with E-state index in [-0.39, 0.29) is 34.8 Å². The molecule has 132 valence electrons. The summed E-state index contributed by atoms with van der Waals surface area (Å²) in [4.78, 5) is 25.1. The zero-order valence-corrected chi connectivity index (χ0v) is 14.3. The van der Waals surface area contributed by atoms with Gasteiger partial charge in [-0.2, -0.15) is 5.10 Å². The Morgan fingerprint density at radius 1 is 1.36 bits per heavy atom. The number of fused-ring (bicyclic) bond motifs is 1. The van der Waals surface area contributed by atoms with Crippen molar-refractivity contribution in [2.45, 2.75) is 50.7 Å². The number of nitrogens with one attached hydrogen (secondary N) is 1. The molecule has 1 unspecified atom stereocenters. The van der Waals surface area contributed by atoms with Crippen molar-refractivity contribution in [1.29, 1.82) is 0 Å². The van der Waals surface area contributed by atoms with E-state index < -0.39 is 11.7 Å². The first-order valence-corrected chi connectivity index (χ1v) is 8.83. The van der Waals surface area contributed by atoms with Crippen molar-refractivity contribution in [3.05, 3.63) is 50.9 Å². The van der Waals surface area contributed by atoms with Gasteiger partial charge >= 0.3 is 5.69 Å². The number of carbonyl (C=O) groups excluding carboxylic acids is 1. The van der Waals surface area contributed by atoms with Crippen molar-refractivity contribution < 1.29 is 9.18 Å². The number of halogens is 2. The molecule has 0 radical (unpaired) electrons. The first-order valence-electron chi connectivity index (χ1n) is 8.45. The molecule has 25 heavy (non-hydrogen) atoms. The van der Waals surface area contributed by atoms with Crippen LogP contribution < -0.4 is 11.0 Å². The molecule has 2 aliphatic rings. The molecule has 6 nitrogen and oxygen atoms in total. The fourth-order valence-corrected chi connectivity index (χ4v) is 3.45. The lowest BCUT2D eigenvalue weighted by Crippen LogP contribution is -2.36. The van der Waals surface area contributed by atoms with Gasteiger partial charge in [-0.3, -0.25) is 9.36 Å². The first kappa shape index (κ1) is 16.3. The molecule has 8 heteroatoms. The summed E-state index contributed by atoms with van der Waals surface area (Å²) >= 11 is 6.05. The van der Waals surface area contributed by atoms with Crippen LogP contribution >= 0.6 is 11.6 Å². The summed E-state index contributed by atoms with van der Waals surface area (Å²) in [7, 11) is 0. The fourth-order valence-electron chi connectivity index (χ4n) is 3.22.